The lowest BCUT2D eigenvalue weighted by Gasteiger charge is -2.49. The van der Waals surface area contributed by atoms with E-state index in [2.05, 4.69) is 25.7 Å². The number of nitrogens with two attached hydrogens (primary N) is 1. The summed E-state index contributed by atoms with van der Waals surface area (Å²) in [6.07, 6.45) is 6.56. The second kappa shape index (κ2) is 3.74. The maximum absolute atomic E-state index is 6.39. The van der Waals surface area contributed by atoms with Crippen LogP contribution in [0.2, 0.25) is 0 Å². The highest BCUT2D eigenvalue weighted by Gasteiger charge is 2.50. The molecule has 1 saturated carbocycles. The zero-order valence-electron chi connectivity index (χ0n) is 10.6. The Morgan fingerprint density at radius 1 is 1.33 bits per heavy atom. The summed E-state index contributed by atoms with van der Waals surface area (Å²) < 4.78 is 0. The molecular weight excluding hydrogens is 184 g/mol. The zero-order chi connectivity index (χ0) is 11.1. The van der Waals surface area contributed by atoms with Crippen LogP contribution in [0.15, 0.2) is 0 Å². The summed E-state index contributed by atoms with van der Waals surface area (Å²) in [7, 11) is 0. The molecule has 1 saturated heterocycles. The molecule has 0 aromatic carbocycles. The lowest BCUT2D eigenvalue weighted by molar-refractivity contribution is 0.0290. The molecule has 2 N–H and O–H groups in total. The second-order valence-electron chi connectivity index (χ2n) is 6.27. The molecule has 0 amide bonds. The lowest BCUT2D eigenvalue weighted by Crippen LogP contribution is -2.57. The quantitative estimate of drug-likeness (QED) is 0.720. The van der Waals surface area contributed by atoms with Gasteiger partial charge in [0.25, 0.3) is 0 Å². The van der Waals surface area contributed by atoms with E-state index in [0.29, 0.717) is 17.0 Å². The van der Waals surface area contributed by atoms with E-state index in [1.807, 2.05) is 0 Å². The van der Waals surface area contributed by atoms with Gasteiger partial charge >= 0.3 is 0 Å². The Balaban J connectivity index is 2.22. The molecule has 2 nitrogen and oxygen atoms in total. The van der Waals surface area contributed by atoms with Gasteiger partial charge in [0.15, 0.2) is 0 Å². The van der Waals surface area contributed by atoms with Gasteiger partial charge in [0.05, 0.1) is 0 Å². The number of likely N-dealkylation sites (N-methyl/N-ethyl adjacent to an activating group) is 1. The average molecular weight is 210 g/mol. The van der Waals surface area contributed by atoms with Crippen molar-refractivity contribution >= 4 is 0 Å². The predicted octanol–water partition coefficient (Wildman–Crippen LogP) is 2.38. The SMILES string of the molecule is CCN1CCC(N)C12CCCC(C)(C)C2. The van der Waals surface area contributed by atoms with E-state index >= 15 is 0 Å². The Labute approximate surface area is 94.2 Å². The first-order chi connectivity index (χ1) is 7.00. The molecule has 0 bridgehead atoms. The molecule has 0 aromatic heterocycles. The first-order valence-electron chi connectivity index (χ1n) is 6.51. The largest absolute Gasteiger partial charge is 0.326 e. The van der Waals surface area contributed by atoms with Crippen molar-refractivity contribution in [2.45, 2.75) is 64.5 Å². The van der Waals surface area contributed by atoms with Crippen LogP contribution in [0.1, 0.15) is 52.9 Å². The molecular formula is C13H26N2. The summed E-state index contributed by atoms with van der Waals surface area (Å²) in [5, 5.41) is 0. The molecule has 2 rings (SSSR count). The van der Waals surface area contributed by atoms with E-state index in [4.69, 9.17) is 5.73 Å². The third-order valence-corrected chi connectivity index (χ3v) is 4.66. The van der Waals surface area contributed by atoms with Crippen molar-refractivity contribution in [1.82, 2.24) is 4.90 Å². The lowest BCUT2D eigenvalue weighted by atomic mass is 9.65. The van der Waals surface area contributed by atoms with E-state index in [9.17, 15) is 0 Å². The van der Waals surface area contributed by atoms with Gasteiger partial charge in [-0.2, -0.15) is 0 Å². The minimum atomic E-state index is 0.344. The van der Waals surface area contributed by atoms with Crippen LogP contribution in [0.25, 0.3) is 0 Å². The van der Waals surface area contributed by atoms with E-state index < -0.39 is 0 Å². The van der Waals surface area contributed by atoms with Crippen LogP contribution in [-0.4, -0.2) is 29.6 Å². The molecule has 2 heteroatoms. The molecule has 1 aliphatic carbocycles. The van der Waals surface area contributed by atoms with Gasteiger partial charge in [0.2, 0.25) is 0 Å². The third kappa shape index (κ3) is 1.83. The van der Waals surface area contributed by atoms with E-state index in [1.54, 1.807) is 0 Å². The summed E-state index contributed by atoms with van der Waals surface area (Å²) in [4.78, 5) is 2.65. The maximum Gasteiger partial charge on any atom is 0.0365 e. The Morgan fingerprint density at radius 3 is 2.67 bits per heavy atom. The monoisotopic (exact) mass is 210 g/mol. The molecule has 1 heterocycles. The van der Waals surface area contributed by atoms with Gasteiger partial charge in [-0.25, -0.2) is 0 Å². The molecule has 1 spiro atoms. The highest BCUT2D eigenvalue weighted by atomic mass is 15.2. The van der Waals surface area contributed by atoms with Crippen LogP contribution in [-0.2, 0) is 0 Å². The van der Waals surface area contributed by atoms with Crippen molar-refractivity contribution in [2.75, 3.05) is 13.1 Å². The van der Waals surface area contributed by atoms with Crippen molar-refractivity contribution in [3.05, 3.63) is 0 Å². The van der Waals surface area contributed by atoms with Crippen LogP contribution in [0.4, 0.5) is 0 Å². The zero-order valence-corrected chi connectivity index (χ0v) is 10.6. The minimum absolute atomic E-state index is 0.344. The molecule has 2 aliphatic rings. The van der Waals surface area contributed by atoms with E-state index in [1.165, 1.54) is 45.2 Å². The summed E-state index contributed by atoms with van der Waals surface area (Å²) in [5.74, 6) is 0. The van der Waals surface area contributed by atoms with Crippen LogP contribution in [0.3, 0.4) is 0 Å². The molecule has 2 atom stereocenters. The summed E-state index contributed by atoms with van der Waals surface area (Å²) in [6, 6.07) is 0.414. The number of hydrogen-bond acceptors (Lipinski definition) is 2. The van der Waals surface area contributed by atoms with Crippen molar-refractivity contribution in [3.8, 4) is 0 Å². The second-order valence-corrected chi connectivity index (χ2v) is 6.27. The average Bonchev–Trinajstić information content (AvgIpc) is 2.42. The summed E-state index contributed by atoms with van der Waals surface area (Å²) >= 11 is 0. The van der Waals surface area contributed by atoms with Crippen molar-refractivity contribution in [3.63, 3.8) is 0 Å². The first-order valence-corrected chi connectivity index (χ1v) is 6.51. The normalized spacial score (nSPS) is 41.2. The van der Waals surface area contributed by atoms with E-state index in [-0.39, 0.29) is 0 Å². The van der Waals surface area contributed by atoms with Crippen molar-refractivity contribution in [1.29, 1.82) is 0 Å². The number of likely N-dealkylation sites (tertiary alicyclic amines) is 1. The van der Waals surface area contributed by atoms with Crippen LogP contribution < -0.4 is 5.73 Å². The third-order valence-electron chi connectivity index (χ3n) is 4.66. The molecule has 1 aliphatic heterocycles. The van der Waals surface area contributed by atoms with Gasteiger partial charge in [0, 0.05) is 18.1 Å². The number of hydrogen-bond donors (Lipinski definition) is 1. The predicted molar refractivity (Wildman–Crippen MR) is 64.8 cm³/mol. The van der Waals surface area contributed by atoms with Gasteiger partial charge in [0.1, 0.15) is 0 Å². The minimum Gasteiger partial charge on any atom is -0.326 e. The Morgan fingerprint density at radius 2 is 2.07 bits per heavy atom. The number of rotatable bonds is 1. The molecule has 0 aromatic rings. The first kappa shape index (κ1) is 11.4. The number of nitrogens with zero attached hydrogens (tertiary/aromatic N) is 1. The highest BCUT2D eigenvalue weighted by molar-refractivity contribution is 5.08. The molecule has 2 unspecified atom stereocenters. The smallest absolute Gasteiger partial charge is 0.0365 e. The van der Waals surface area contributed by atoms with Gasteiger partial charge in [-0.1, -0.05) is 27.2 Å². The maximum atomic E-state index is 6.39. The fourth-order valence-corrected chi connectivity index (χ4v) is 3.96. The standard InChI is InChI=1S/C13H26N2/c1-4-15-9-6-11(14)13(15)8-5-7-12(2,3)10-13/h11H,4-10,14H2,1-3H3. The van der Waals surface area contributed by atoms with Crippen molar-refractivity contribution < 1.29 is 0 Å². The summed E-state index contributed by atoms with van der Waals surface area (Å²) in [5.41, 5.74) is 7.23. The fourth-order valence-electron chi connectivity index (χ4n) is 3.96. The van der Waals surface area contributed by atoms with E-state index in [0.717, 1.165) is 0 Å². The topological polar surface area (TPSA) is 29.3 Å². The molecule has 0 radical (unpaired) electrons. The van der Waals surface area contributed by atoms with Crippen LogP contribution in [0.5, 0.6) is 0 Å². The molecule has 15 heavy (non-hydrogen) atoms. The Hall–Kier alpha value is -0.0800. The van der Waals surface area contributed by atoms with Crippen molar-refractivity contribution in [2.24, 2.45) is 11.1 Å². The molecule has 88 valence electrons. The van der Waals surface area contributed by atoms with Crippen LogP contribution in [0, 0.1) is 5.41 Å². The fraction of sp³-hybridized carbons (Fsp3) is 1.00. The molecule has 2 fully saturated rings. The van der Waals surface area contributed by atoms with Gasteiger partial charge in [-0.05, 0) is 37.6 Å². The highest BCUT2D eigenvalue weighted by Crippen LogP contribution is 2.48. The van der Waals surface area contributed by atoms with Gasteiger partial charge in [-0.3, -0.25) is 4.90 Å². The Bertz CT molecular complexity index is 237. The van der Waals surface area contributed by atoms with Crippen LogP contribution >= 0.6 is 0 Å². The summed E-state index contributed by atoms with van der Waals surface area (Å²) in [6.45, 7) is 9.48. The Kier molecular flexibility index (Phi) is 2.85. The van der Waals surface area contributed by atoms with Gasteiger partial charge in [-0.15, -0.1) is 0 Å². The van der Waals surface area contributed by atoms with Gasteiger partial charge < -0.3 is 5.73 Å².